The lowest BCUT2D eigenvalue weighted by Gasteiger charge is -2.34. The minimum absolute atomic E-state index is 0.0174. The van der Waals surface area contributed by atoms with Gasteiger partial charge in [-0.05, 0) is 36.5 Å². The summed E-state index contributed by atoms with van der Waals surface area (Å²) < 4.78 is 0. The molecule has 1 aromatic carbocycles. The number of benzene rings is 1. The van der Waals surface area contributed by atoms with Crippen molar-refractivity contribution in [3.8, 4) is 6.07 Å². The van der Waals surface area contributed by atoms with Gasteiger partial charge in [0.2, 0.25) is 5.91 Å². The Morgan fingerprint density at radius 3 is 2.76 bits per heavy atom. The maximum Gasteiger partial charge on any atom is 0.216 e. The van der Waals surface area contributed by atoms with Crippen molar-refractivity contribution in [3.63, 3.8) is 0 Å². The number of nitrogens with zero attached hydrogens (tertiary/aromatic N) is 2. The van der Waals surface area contributed by atoms with E-state index in [1.54, 1.807) is 6.07 Å². The van der Waals surface area contributed by atoms with E-state index in [9.17, 15) is 10.1 Å². The highest BCUT2D eigenvalue weighted by Crippen LogP contribution is 2.26. The molecule has 0 aromatic heterocycles. The average molecular weight is 287 g/mol. The minimum Gasteiger partial charge on any atom is -0.392 e. The number of piperidine rings is 1. The zero-order valence-electron chi connectivity index (χ0n) is 12.3. The first-order chi connectivity index (χ1) is 10.1. The monoisotopic (exact) mass is 287 g/mol. The number of rotatable bonds is 4. The van der Waals surface area contributed by atoms with Crippen LogP contribution in [0.5, 0.6) is 0 Å². The summed E-state index contributed by atoms with van der Waals surface area (Å²) in [7, 11) is 0. The standard InChI is InChI=1S/C16H21N3O2/c1-12(21)18-10-13-4-6-19(7-5-13)16-3-2-14(11-20)8-15(16)9-17/h2-3,8,13,20H,4-7,10-11H2,1H3,(H,18,21). The minimum atomic E-state index is -0.0479. The third-order valence-electron chi connectivity index (χ3n) is 3.96. The molecule has 2 rings (SSSR count). The van der Waals surface area contributed by atoms with Gasteiger partial charge in [0.05, 0.1) is 17.9 Å². The molecule has 1 aliphatic heterocycles. The SMILES string of the molecule is CC(=O)NCC1CCN(c2ccc(CO)cc2C#N)CC1. The van der Waals surface area contributed by atoms with Gasteiger partial charge in [-0.15, -0.1) is 0 Å². The fourth-order valence-electron chi connectivity index (χ4n) is 2.71. The van der Waals surface area contributed by atoms with Gasteiger partial charge >= 0.3 is 0 Å². The van der Waals surface area contributed by atoms with Gasteiger partial charge in [-0.3, -0.25) is 4.79 Å². The maximum atomic E-state index is 10.9. The van der Waals surface area contributed by atoms with Crippen molar-refractivity contribution >= 4 is 11.6 Å². The van der Waals surface area contributed by atoms with Gasteiger partial charge in [0, 0.05) is 26.6 Å². The van der Waals surface area contributed by atoms with Gasteiger partial charge < -0.3 is 15.3 Å². The zero-order valence-corrected chi connectivity index (χ0v) is 12.3. The molecule has 0 spiro atoms. The van der Waals surface area contributed by atoms with Gasteiger partial charge in [-0.25, -0.2) is 0 Å². The van der Waals surface area contributed by atoms with Crippen LogP contribution < -0.4 is 10.2 Å². The first-order valence-corrected chi connectivity index (χ1v) is 7.27. The van der Waals surface area contributed by atoms with Crippen molar-refractivity contribution in [2.75, 3.05) is 24.5 Å². The van der Waals surface area contributed by atoms with E-state index in [0.29, 0.717) is 11.5 Å². The largest absolute Gasteiger partial charge is 0.392 e. The van der Waals surface area contributed by atoms with Crippen LogP contribution in [-0.4, -0.2) is 30.6 Å². The first kappa shape index (κ1) is 15.3. The Morgan fingerprint density at radius 2 is 2.19 bits per heavy atom. The quantitative estimate of drug-likeness (QED) is 0.877. The molecule has 1 heterocycles. The summed E-state index contributed by atoms with van der Waals surface area (Å²) in [5.74, 6) is 0.524. The normalized spacial score (nSPS) is 15.6. The predicted molar refractivity (Wildman–Crippen MR) is 80.7 cm³/mol. The van der Waals surface area contributed by atoms with Gasteiger partial charge in [0.25, 0.3) is 0 Å². The van der Waals surface area contributed by atoms with E-state index in [1.165, 1.54) is 6.92 Å². The highest BCUT2D eigenvalue weighted by atomic mass is 16.3. The molecule has 1 aromatic rings. The van der Waals surface area contributed by atoms with E-state index in [0.717, 1.165) is 43.7 Å². The van der Waals surface area contributed by atoms with Crippen LogP contribution in [0.3, 0.4) is 0 Å². The lowest BCUT2D eigenvalue weighted by atomic mass is 9.95. The molecule has 5 heteroatoms. The molecule has 0 bridgehead atoms. The summed E-state index contributed by atoms with van der Waals surface area (Å²) in [6.45, 7) is 4.00. The lowest BCUT2D eigenvalue weighted by Crippen LogP contribution is -2.38. The molecule has 0 atom stereocenters. The fraction of sp³-hybridized carbons (Fsp3) is 0.500. The molecule has 112 valence electrons. The van der Waals surface area contributed by atoms with E-state index in [1.807, 2.05) is 12.1 Å². The van der Waals surface area contributed by atoms with Gasteiger partial charge in [-0.1, -0.05) is 6.07 Å². The van der Waals surface area contributed by atoms with E-state index in [-0.39, 0.29) is 12.5 Å². The van der Waals surface area contributed by atoms with Crippen LogP contribution in [0, 0.1) is 17.2 Å². The molecule has 2 N–H and O–H groups in total. The van der Waals surface area contributed by atoms with Gasteiger partial charge in [-0.2, -0.15) is 5.26 Å². The molecule has 5 nitrogen and oxygen atoms in total. The summed E-state index contributed by atoms with van der Waals surface area (Å²) in [5, 5.41) is 21.3. The molecular weight excluding hydrogens is 266 g/mol. The number of carbonyl (C=O) groups excluding carboxylic acids is 1. The zero-order chi connectivity index (χ0) is 15.2. The molecule has 1 saturated heterocycles. The fourth-order valence-corrected chi connectivity index (χ4v) is 2.71. The summed E-state index contributed by atoms with van der Waals surface area (Å²) in [6, 6.07) is 7.73. The number of anilines is 1. The van der Waals surface area contributed by atoms with E-state index in [4.69, 9.17) is 5.11 Å². The smallest absolute Gasteiger partial charge is 0.216 e. The average Bonchev–Trinajstić information content (AvgIpc) is 2.52. The highest BCUT2D eigenvalue weighted by molar-refractivity contribution is 5.72. The van der Waals surface area contributed by atoms with Crippen molar-refractivity contribution < 1.29 is 9.90 Å². The Labute approximate surface area is 125 Å². The van der Waals surface area contributed by atoms with Crippen LogP contribution in [0.15, 0.2) is 18.2 Å². The molecular formula is C16H21N3O2. The second-order valence-corrected chi connectivity index (χ2v) is 5.49. The van der Waals surface area contributed by atoms with Crippen LogP contribution >= 0.6 is 0 Å². The van der Waals surface area contributed by atoms with Crippen LogP contribution in [0.4, 0.5) is 5.69 Å². The van der Waals surface area contributed by atoms with Gasteiger partial charge in [0.15, 0.2) is 0 Å². The molecule has 21 heavy (non-hydrogen) atoms. The third-order valence-corrected chi connectivity index (χ3v) is 3.96. The van der Waals surface area contributed by atoms with Crippen molar-refractivity contribution in [3.05, 3.63) is 29.3 Å². The molecule has 1 amide bonds. The maximum absolute atomic E-state index is 10.9. The molecule has 0 unspecified atom stereocenters. The first-order valence-electron chi connectivity index (χ1n) is 7.27. The highest BCUT2D eigenvalue weighted by Gasteiger charge is 2.21. The Balaban J connectivity index is 1.99. The summed E-state index contributed by atoms with van der Waals surface area (Å²) in [4.78, 5) is 13.2. The summed E-state index contributed by atoms with van der Waals surface area (Å²) in [5.41, 5.74) is 2.31. The molecule has 1 fully saturated rings. The number of aliphatic hydroxyl groups excluding tert-OH is 1. The van der Waals surface area contributed by atoms with Crippen LogP contribution in [0.25, 0.3) is 0 Å². The van der Waals surface area contributed by atoms with E-state index < -0.39 is 0 Å². The second kappa shape index (κ2) is 7.09. The second-order valence-electron chi connectivity index (χ2n) is 5.49. The predicted octanol–water partition coefficient (Wildman–Crippen LogP) is 1.40. The Hall–Kier alpha value is -2.06. The number of carbonyl (C=O) groups is 1. The van der Waals surface area contributed by atoms with Crippen molar-refractivity contribution in [2.24, 2.45) is 5.92 Å². The topological polar surface area (TPSA) is 76.4 Å². The lowest BCUT2D eigenvalue weighted by molar-refractivity contribution is -0.119. The molecule has 0 radical (unpaired) electrons. The number of aliphatic hydroxyl groups is 1. The van der Waals surface area contributed by atoms with Crippen molar-refractivity contribution in [1.82, 2.24) is 5.32 Å². The molecule has 0 saturated carbocycles. The third kappa shape index (κ3) is 3.96. The number of hydrogen-bond donors (Lipinski definition) is 2. The number of hydrogen-bond acceptors (Lipinski definition) is 4. The number of nitriles is 1. The van der Waals surface area contributed by atoms with Crippen LogP contribution in [-0.2, 0) is 11.4 Å². The van der Waals surface area contributed by atoms with Gasteiger partial charge in [0.1, 0.15) is 6.07 Å². The van der Waals surface area contributed by atoms with E-state index in [2.05, 4.69) is 16.3 Å². The molecule has 1 aliphatic rings. The van der Waals surface area contributed by atoms with Crippen molar-refractivity contribution in [2.45, 2.75) is 26.4 Å². The summed E-state index contributed by atoms with van der Waals surface area (Å²) >= 11 is 0. The Morgan fingerprint density at radius 1 is 1.48 bits per heavy atom. The number of nitrogens with one attached hydrogen (secondary N) is 1. The summed E-state index contributed by atoms with van der Waals surface area (Å²) in [6.07, 6.45) is 2.01. The van der Waals surface area contributed by atoms with Crippen LogP contribution in [0.2, 0.25) is 0 Å². The Bertz CT molecular complexity index is 543. The molecule has 0 aliphatic carbocycles. The Kier molecular flexibility index (Phi) is 5.18. The van der Waals surface area contributed by atoms with E-state index >= 15 is 0 Å². The van der Waals surface area contributed by atoms with Crippen LogP contribution in [0.1, 0.15) is 30.9 Å². The number of amides is 1. The van der Waals surface area contributed by atoms with Crippen molar-refractivity contribution in [1.29, 1.82) is 5.26 Å².